The van der Waals surface area contributed by atoms with Crippen LogP contribution in [0.15, 0.2) is 63.7 Å². The molecule has 2 N–H and O–H groups in total. The Morgan fingerprint density at radius 1 is 1.00 bits per heavy atom. The Kier molecular flexibility index (Phi) is 4.89. The molecule has 1 aliphatic rings. The molecule has 0 unspecified atom stereocenters. The zero-order valence-corrected chi connectivity index (χ0v) is 16.9. The number of aliphatic imine (C=N–C) groups is 1. The van der Waals surface area contributed by atoms with Crippen molar-refractivity contribution in [2.75, 3.05) is 18.5 Å². The van der Waals surface area contributed by atoms with Gasteiger partial charge in [-0.05, 0) is 26.0 Å². The molecule has 1 aromatic heterocycles. The van der Waals surface area contributed by atoms with Crippen LogP contribution in [0.1, 0.15) is 22.3 Å². The first-order chi connectivity index (χ1) is 13.9. The van der Waals surface area contributed by atoms with Gasteiger partial charge in [0.1, 0.15) is 12.0 Å². The second kappa shape index (κ2) is 7.38. The Morgan fingerprint density at radius 3 is 2.45 bits per heavy atom. The van der Waals surface area contributed by atoms with E-state index >= 15 is 0 Å². The fraction of sp³-hybridized carbons (Fsp3) is 0.190. The summed E-state index contributed by atoms with van der Waals surface area (Å²) < 4.78 is 26.9. The lowest BCUT2D eigenvalue weighted by Gasteiger charge is -2.11. The summed E-state index contributed by atoms with van der Waals surface area (Å²) in [5.41, 5.74) is 4.02. The fourth-order valence-corrected chi connectivity index (χ4v) is 4.72. The summed E-state index contributed by atoms with van der Waals surface area (Å²) in [4.78, 5) is 13.1. The molecule has 3 aromatic rings. The minimum Gasteiger partial charge on any atom is -0.395 e. The largest absolute Gasteiger partial charge is 0.395 e. The van der Waals surface area contributed by atoms with Crippen molar-refractivity contribution >= 4 is 27.1 Å². The van der Waals surface area contributed by atoms with E-state index in [1.54, 1.807) is 12.1 Å². The van der Waals surface area contributed by atoms with Crippen LogP contribution in [0, 0.1) is 13.8 Å². The number of aliphatic hydroxyl groups is 1. The average Bonchev–Trinajstić information content (AvgIpc) is 2.80. The van der Waals surface area contributed by atoms with Gasteiger partial charge in [0.25, 0.3) is 0 Å². The summed E-state index contributed by atoms with van der Waals surface area (Å²) in [5.74, 6) is 0.266. The second-order valence-electron chi connectivity index (χ2n) is 6.86. The lowest BCUT2D eigenvalue weighted by atomic mass is 9.99. The molecule has 2 aromatic carbocycles. The van der Waals surface area contributed by atoms with Gasteiger partial charge in [0.05, 0.1) is 17.2 Å². The highest BCUT2D eigenvalue weighted by Crippen LogP contribution is 2.39. The Balaban J connectivity index is 2.07. The summed E-state index contributed by atoms with van der Waals surface area (Å²) >= 11 is 0. The van der Waals surface area contributed by atoms with Crippen LogP contribution in [-0.4, -0.2) is 42.4 Å². The SMILES string of the molecule is Cc1ccc(C2=Nc3c(NCCO)ncnc3S(=O)(=O)c3ccc(C)cc32)cc1. The van der Waals surface area contributed by atoms with Crippen molar-refractivity contribution < 1.29 is 13.5 Å². The first-order valence-corrected chi connectivity index (χ1v) is 10.6. The van der Waals surface area contributed by atoms with E-state index in [0.717, 1.165) is 16.7 Å². The van der Waals surface area contributed by atoms with E-state index in [2.05, 4.69) is 15.3 Å². The smallest absolute Gasteiger partial charge is 0.226 e. The molecular weight excluding hydrogens is 388 g/mol. The van der Waals surface area contributed by atoms with Crippen molar-refractivity contribution in [3.05, 3.63) is 71.0 Å². The predicted octanol–water partition coefficient (Wildman–Crippen LogP) is 2.81. The molecule has 0 aliphatic carbocycles. The van der Waals surface area contributed by atoms with E-state index in [9.17, 15) is 8.42 Å². The molecule has 0 atom stereocenters. The maximum atomic E-state index is 13.4. The van der Waals surface area contributed by atoms with Crippen molar-refractivity contribution in [1.29, 1.82) is 0 Å². The molecule has 29 heavy (non-hydrogen) atoms. The number of sulfone groups is 1. The monoisotopic (exact) mass is 408 g/mol. The third-order valence-corrected chi connectivity index (χ3v) is 6.42. The van der Waals surface area contributed by atoms with Gasteiger partial charge in [-0.1, -0.05) is 41.5 Å². The van der Waals surface area contributed by atoms with Crippen LogP contribution < -0.4 is 5.32 Å². The molecule has 0 amide bonds. The number of nitrogens with zero attached hydrogens (tertiary/aromatic N) is 3. The van der Waals surface area contributed by atoms with Crippen LogP contribution in [0.2, 0.25) is 0 Å². The van der Waals surface area contributed by atoms with Crippen molar-refractivity contribution in [1.82, 2.24) is 9.97 Å². The van der Waals surface area contributed by atoms with E-state index < -0.39 is 9.84 Å². The molecule has 148 valence electrons. The average molecular weight is 408 g/mol. The predicted molar refractivity (Wildman–Crippen MR) is 111 cm³/mol. The van der Waals surface area contributed by atoms with Gasteiger partial charge in [0.2, 0.25) is 9.84 Å². The molecule has 4 rings (SSSR count). The summed E-state index contributed by atoms with van der Waals surface area (Å²) in [5, 5.41) is 11.9. The van der Waals surface area contributed by atoms with E-state index in [-0.39, 0.29) is 34.6 Å². The van der Waals surface area contributed by atoms with E-state index in [1.165, 1.54) is 6.33 Å². The minimum atomic E-state index is -3.92. The number of aliphatic hydroxyl groups excluding tert-OH is 1. The van der Waals surface area contributed by atoms with Gasteiger partial charge in [-0.25, -0.2) is 23.4 Å². The van der Waals surface area contributed by atoms with Gasteiger partial charge in [-0.3, -0.25) is 0 Å². The number of anilines is 1. The number of rotatable bonds is 4. The fourth-order valence-electron chi connectivity index (χ4n) is 3.23. The summed E-state index contributed by atoms with van der Waals surface area (Å²) in [6, 6.07) is 12.9. The molecule has 0 fully saturated rings. The van der Waals surface area contributed by atoms with Crippen molar-refractivity contribution in [3.63, 3.8) is 0 Å². The molecule has 8 heteroatoms. The van der Waals surface area contributed by atoms with Gasteiger partial charge >= 0.3 is 0 Å². The Morgan fingerprint density at radius 2 is 1.72 bits per heavy atom. The zero-order valence-electron chi connectivity index (χ0n) is 16.0. The molecule has 1 aliphatic heterocycles. The van der Waals surface area contributed by atoms with Crippen LogP contribution in [0.3, 0.4) is 0 Å². The standard InChI is InChI=1S/C21H20N4O3S/c1-13-3-6-15(7-4-13)18-16-11-14(2)5-8-17(16)29(27,28)21-19(25-18)20(22-9-10-26)23-12-24-21/h3-8,11-12,26H,9-10H2,1-2H3,(H,22,23,24). The molecule has 0 spiro atoms. The van der Waals surface area contributed by atoms with Crippen LogP contribution >= 0.6 is 0 Å². The number of nitrogens with one attached hydrogen (secondary N) is 1. The van der Waals surface area contributed by atoms with Gasteiger partial charge < -0.3 is 10.4 Å². The molecule has 0 radical (unpaired) electrons. The Hall–Kier alpha value is -3.10. The maximum absolute atomic E-state index is 13.4. The van der Waals surface area contributed by atoms with Crippen molar-refractivity contribution in [2.45, 2.75) is 23.8 Å². The Labute approximate surface area is 169 Å². The van der Waals surface area contributed by atoms with Crippen LogP contribution in [0.5, 0.6) is 0 Å². The number of aromatic nitrogens is 2. The van der Waals surface area contributed by atoms with E-state index in [0.29, 0.717) is 11.3 Å². The maximum Gasteiger partial charge on any atom is 0.226 e. The lowest BCUT2D eigenvalue weighted by molar-refractivity contribution is 0.311. The highest BCUT2D eigenvalue weighted by atomic mass is 32.2. The second-order valence-corrected chi connectivity index (χ2v) is 8.69. The van der Waals surface area contributed by atoms with Crippen LogP contribution in [0.25, 0.3) is 0 Å². The van der Waals surface area contributed by atoms with Gasteiger partial charge in [-0.15, -0.1) is 0 Å². The highest BCUT2D eigenvalue weighted by Gasteiger charge is 2.33. The molecule has 0 bridgehead atoms. The van der Waals surface area contributed by atoms with E-state index in [4.69, 9.17) is 10.1 Å². The molecule has 0 saturated carbocycles. The van der Waals surface area contributed by atoms with E-state index in [1.807, 2.05) is 44.2 Å². The first kappa shape index (κ1) is 19.2. The number of benzene rings is 2. The number of fused-ring (bicyclic) bond motifs is 2. The molecular formula is C21H20N4O3S. The Bertz CT molecular complexity index is 1220. The van der Waals surface area contributed by atoms with Crippen LogP contribution in [-0.2, 0) is 9.84 Å². The summed E-state index contributed by atoms with van der Waals surface area (Å²) in [6.07, 6.45) is 1.19. The normalized spacial score (nSPS) is 14.4. The van der Waals surface area contributed by atoms with Gasteiger partial charge in [0, 0.05) is 17.7 Å². The quantitative estimate of drug-likeness (QED) is 0.503. The first-order valence-electron chi connectivity index (χ1n) is 9.13. The lowest BCUT2D eigenvalue weighted by Crippen LogP contribution is -2.11. The third-order valence-electron chi connectivity index (χ3n) is 4.68. The summed E-state index contributed by atoms with van der Waals surface area (Å²) in [7, 11) is -3.92. The summed E-state index contributed by atoms with van der Waals surface area (Å²) in [6.45, 7) is 3.98. The van der Waals surface area contributed by atoms with Gasteiger partial charge in [0.15, 0.2) is 10.8 Å². The third kappa shape index (κ3) is 3.41. The minimum absolute atomic E-state index is 0.126. The topological polar surface area (TPSA) is 105 Å². The number of aryl methyl sites for hydroxylation is 2. The molecule has 2 heterocycles. The zero-order chi connectivity index (χ0) is 20.6. The van der Waals surface area contributed by atoms with Crippen LogP contribution in [0.4, 0.5) is 11.5 Å². The highest BCUT2D eigenvalue weighted by molar-refractivity contribution is 7.91. The van der Waals surface area contributed by atoms with Crippen molar-refractivity contribution in [2.24, 2.45) is 4.99 Å². The van der Waals surface area contributed by atoms with Crippen molar-refractivity contribution in [3.8, 4) is 0 Å². The molecule has 7 nitrogen and oxygen atoms in total. The van der Waals surface area contributed by atoms with Gasteiger partial charge in [-0.2, -0.15) is 0 Å². The number of hydrogen-bond acceptors (Lipinski definition) is 7. The number of hydrogen-bond donors (Lipinski definition) is 2. The molecule has 0 saturated heterocycles.